The molecule has 1 heterocycles. The van der Waals surface area contributed by atoms with E-state index in [2.05, 4.69) is 4.98 Å². The van der Waals surface area contributed by atoms with Crippen molar-refractivity contribution in [1.29, 1.82) is 0 Å². The molecule has 1 aromatic heterocycles. The summed E-state index contributed by atoms with van der Waals surface area (Å²) >= 11 is 6.11. The highest BCUT2D eigenvalue weighted by Gasteiger charge is 2.18. The molecule has 0 aliphatic rings. The van der Waals surface area contributed by atoms with Crippen LogP contribution in [0.25, 0.3) is 10.9 Å². The van der Waals surface area contributed by atoms with E-state index in [4.69, 9.17) is 16.3 Å². The Labute approximate surface area is 115 Å². The molecule has 0 atom stereocenters. The summed E-state index contributed by atoms with van der Waals surface area (Å²) in [5.41, 5.74) is 0.540. The Bertz CT molecular complexity index is 656. The molecule has 19 heavy (non-hydrogen) atoms. The van der Waals surface area contributed by atoms with Gasteiger partial charge < -0.3 is 14.7 Å². The van der Waals surface area contributed by atoms with Crippen LogP contribution in [0.1, 0.15) is 10.4 Å². The van der Waals surface area contributed by atoms with Gasteiger partial charge in [-0.1, -0.05) is 11.6 Å². The third-order valence-electron chi connectivity index (χ3n) is 2.77. The molecule has 0 aliphatic heterocycles. The Hall–Kier alpha value is -2.01. The minimum atomic E-state index is -1.05. The number of halogens is 1. The third-order valence-corrected chi connectivity index (χ3v) is 3.07. The van der Waals surface area contributed by atoms with Gasteiger partial charge in [-0.15, -0.1) is 0 Å². The number of rotatable bonds is 3. The first-order valence-electron chi connectivity index (χ1n) is 5.53. The van der Waals surface area contributed by atoms with Crippen molar-refractivity contribution >= 4 is 34.3 Å². The van der Waals surface area contributed by atoms with Gasteiger partial charge >= 0.3 is 5.97 Å². The number of ether oxygens (including phenoxy) is 1. The van der Waals surface area contributed by atoms with Crippen molar-refractivity contribution < 1.29 is 14.6 Å². The van der Waals surface area contributed by atoms with Gasteiger partial charge in [0.1, 0.15) is 11.6 Å². The van der Waals surface area contributed by atoms with Crippen LogP contribution in [0.15, 0.2) is 18.2 Å². The number of carbonyl (C=O) groups is 1. The first kappa shape index (κ1) is 13.4. The smallest absolute Gasteiger partial charge is 0.336 e. The van der Waals surface area contributed by atoms with Gasteiger partial charge in [0.2, 0.25) is 0 Å². The third kappa shape index (κ3) is 2.29. The van der Waals surface area contributed by atoms with Gasteiger partial charge in [-0.2, -0.15) is 0 Å². The molecular weight excluding hydrogens is 268 g/mol. The van der Waals surface area contributed by atoms with Crippen molar-refractivity contribution in [3.05, 3.63) is 28.8 Å². The lowest BCUT2D eigenvalue weighted by Crippen LogP contribution is -2.12. The van der Waals surface area contributed by atoms with Crippen LogP contribution in [0.3, 0.4) is 0 Å². The van der Waals surface area contributed by atoms with E-state index >= 15 is 0 Å². The Morgan fingerprint density at radius 3 is 2.63 bits per heavy atom. The summed E-state index contributed by atoms with van der Waals surface area (Å²) in [4.78, 5) is 17.5. The van der Waals surface area contributed by atoms with Crippen LogP contribution in [-0.2, 0) is 0 Å². The molecule has 2 rings (SSSR count). The minimum absolute atomic E-state index is 0.119. The molecule has 0 aliphatic carbocycles. The Balaban J connectivity index is 2.94. The van der Waals surface area contributed by atoms with E-state index in [0.29, 0.717) is 27.5 Å². The summed E-state index contributed by atoms with van der Waals surface area (Å²) in [5.74, 6) is -0.0780. The molecule has 0 amide bonds. The number of anilines is 1. The number of methoxy groups -OCH3 is 1. The SMILES string of the molecule is COc1ccc(Cl)c2nc(N(C)C)cc(C(=O)O)c12. The summed E-state index contributed by atoms with van der Waals surface area (Å²) in [7, 11) is 5.05. The minimum Gasteiger partial charge on any atom is -0.496 e. The maximum Gasteiger partial charge on any atom is 0.336 e. The van der Waals surface area contributed by atoms with Crippen LogP contribution >= 0.6 is 11.6 Å². The number of pyridine rings is 1. The van der Waals surface area contributed by atoms with Crippen LogP contribution < -0.4 is 9.64 Å². The van der Waals surface area contributed by atoms with E-state index in [0.717, 1.165) is 0 Å². The number of aromatic carboxylic acids is 1. The van der Waals surface area contributed by atoms with Crippen LogP contribution in [0.4, 0.5) is 5.82 Å². The summed E-state index contributed by atoms with van der Waals surface area (Å²) in [5, 5.41) is 10.2. The van der Waals surface area contributed by atoms with Crippen LogP contribution in [0.2, 0.25) is 5.02 Å². The Morgan fingerprint density at radius 1 is 1.42 bits per heavy atom. The molecule has 0 unspecified atom stereocenters. The second-order valence-corrected chi connectivity index (χ2v) is 4.61. The monoisotopic (exact) mass is 280 g/mol. The molecule has 2 aromatic rings. The number of fused-ring (bicyclic) bond motifs is 1. The number of hydrogen-bond donors (Lipinski definition) is 1. The second-order valence-electron chi connectivity index (χ2n) is 4.20. The number of carboxylic acids is 1. The van der Waals surface area contributed by atoms with Crippen molar-refractivity contribution in [3.63, 3.8) is 0 Å². The lowest BCUT2D eigenvalue weighted by Gasteiger charge is -2.15. The van der Waals surface area contributed by atoms with E-state index in [-0.39, 0.29) is 5.56 Å². The molecule has 0 saturated carbocycles. The van der Waals surface area contributed by atoms with Gasteiger partial charge in [0.15, 0.2) is 0 Å². The molecule has 0 saturated heterocycles. The average molecular weight is 281 g/mol. The topological polar surface area (TPSA) is 62.7 Å². The predicted molar refractivity (Wildman–Crippen MR) is 74.6 cm³/mol. The highest BCUT2D eigenvalue weighted by atomic mass is 35.5. The number of carboxylic acid groups (broad SMARTS) is 1. The maximum atomic E-state index is 11.4. The van der Waals surface area contributed by atoms with Crippen LogP contribution in [-0.4, -0.2) is 37.3 Å². The van der Waals surface area contributed by atoms with Gasteiger partial charge in [0, 0.05) is 14.1 Å². The van der Waals surface area contributed by atoms with Crippen molar-refractivity contribution in [1.82, 2.24) is 4.98 Å². The van der Waals surface area contributed by atoms with Crippen LogP contribution in [0, 0.1) is 0 Å². The fourth-order valence-corrected chi connectivity index (χ4v) is 2.03. The molecule has 0 radical (unpaired) electrons. The molecule has 0 spiro atoms. The fourth-order valence-electron chi connectivity index (χ4n) is 1.83. The van der Waals surface area contributed by atoms with E-state index in [1.807, 2.05) is 0 Å². The summed E-state index contributed by atoms with van der Waals surface area (Å²) in [6.07, 6.45) is 0. The van der Waals surface area contributed by atoms with Gasteiger partial charge in [-0.25, -0.2) is 9.78 Å². The number of aromatic nitrogens is 1. The molecule has 0 bridgehead atoms. The molecule has 0 fully saturated rings. The zero-order valence-electron chi connectivity index (χ0n) is 10.8. The standard InChI is InChI=1S/C13H13ClN2O3/c1-16(2)10-6-7(13(17)18)11-9(19-3)5-4-8(14)12(11)15-10/h4-6H,1-3H3,(H,17,18). The maximum absolute atomic E-state index is 11.4. The van der Waals surface area contributed by atoms with Gasteiger partial charge in [0.05, 0.1) is 28.6 Å². The predicted octanol–water partition coefficient (Wildman–Crippen LogP) is 2.66. The Morgan fingerprint density at radius 2 is 2.11 bits per heavy atom. The van der Waals surface area contributed by atoms with Gasteiger partial charge in [-0.05, 0) is 18.2 Å². The highest BCUT2D eigenvalue weighted by Crippen LogP contribution is 2.34. The number of nitrogens with zero attached hydrogens (tertiary/aromatic N) is 2. The lowest BCUT2D eigenvalue weighted by atomic mass is 10.1. The number of benzene rings is 1. The quantitative estimate of drug-likeness (QED) is 0.936. The van der Waals surface area contributed by atoms with Crippen molar-refractivity contribution in [2.75, 3.05) is 26.1 Å². The van der Waals surface area contributed by atoms with Crippen LogP contribution in [0.5, 0.6) is 5.75 Å². The summed E-state index contributed by atoms with van der Waals surface area (Å²) in [6, 6.07) is 4.78. The number of hydrogen-bond acceptors (Lipinski definition) is 4. The zero-order valence-corrected chi connectivity index (χ0v) is 11.5. The average Bonchev–Trinajstić information content (AvgIpc) is 2.38. The van der Waals surface area contributed by atoms with Crippen molar-refractivity contribution in [2.24, 2.45) is 0 Å². The summed E-state index contributed by atoms with van der Waals surface area (Å²) in [6.45, 7) is 0. The molecular formula is C13H13ClN2O3. The van der Waals surface area contributed by atoms with E-state index in [1.54, 1.807) is 31.1 Å². The largest absolute Gasteiger partial charge is 0.496 e. The summed E-state index contributed by atoms with van der Waals surface area (Å²) < 4.78 is 5.20. The van der Waals surface area contributed by atoms with Crippen molar-refractivity contribution in [3.8, 4) is 5.75 Å². The van der Waals surface area contributed by atoms with Crippen molar-refractivity contribution in [2.45, 2.75) is 0 Å². The zero-order chi connectivity index (χ0) is 14.2. The normalized spacial score (nSPS) is 10.5. The first-order chi connectivity index (χ1) is 8.95. The molecule has 5 nitrogen and oxygen atoms in total. The highest BCUT2D eigenvalue weighted by molar-refractivity contribution is 6.35. The van der Waals surface area contributed by atoms with E-state index < -0.39 is 5.97 Å². The van der Waals surface area contributed by atoms with Gasteiger partial charge in [-0.3, -0.25) is 0 Å². The molecule has 1 aromatic carbocycles. The fraction of sp³-hybridized carbons (Fsp3) is 0.231. The molecule has 6 heteroatoms. The second kappa shape index (κ2) is 4.93. The Kier molecular flexibility index (Phi) is 3.48. The van der Waals surface area contributed by atoms with E-state index in [1.165, 1.54) is 13.2 Å². The first-order valence-corrected chi connectivity index (χ1v) is 5.91. The lowest BCUT2D eigenvalue weighted by molar-refractivity contribution is 0.0699. The van der Waals surface area contributed by atoms with Gasteiger partial charge in [0.25, 0.3) is 0 Å². The molecule has 100 valence electrons. The van der Waals surface area contributed by atoms with E-state index in [9.17, 15) is 9.90 Å². The molecule has 1 N–H and O–H groups in total.